The van der Waals surface area contributed by atoms with Gasteiger partial charge in [-0.25, -0.2) is 0 Å². The van der Waals surface area contributed by atoms with Crippen LogP contribution in [-0.4, -0.2) is 61.0 Å². The van der Waals surface area contributed by atoms with Gasteiger partial charge in [0, 0.05) is 19.6 Å². The molecule has 1 saturated heterocycles. The first-order valence-corrected chi connectivity index (χ1v) is 7.29. The second-order valence-corrected chi connectivity index (χ2v) is 4.89. The molecule has 1 heterocycles. The Morgan fingerprint density at radius 1 is 1.26 bits per heavy atom. The fourth-order valence-electron chi connectivity index (χ4n) is 2.52. The number of likely N-dealkylation sites (tertiary alicyclic amines) is 1. The van der Waals surface area contributed by atoms with Crippen molar-refractivity contribution in [2.45, 2.75) is 33.6 Å². The lowest BCUT2D eigenvalue weighted by Crippen LogP contribution is -2.45. The maximum atomic E-state index is 12.0. The van der Waals surface area contributed by atoms with Gasteiger partial charge in [0.2, 0.25) is 5.91 Å². The van der Waals surface area contributed by atoms with Gasteiger partial charge in [-0.1, -0.05) is 0 Å². The number of esters is 1. The Morgan fingerprint density at radius 2 is 1.95 bits per heavy atom. The summed E-state index contributed by atoms with van der Waals surface area (Å²) >= 11 is 0. The van der Waals surface area contributed by atoms with Crippen molar-refractivity contribution >= 4 is 11.9 Å². The minimum absolute atomic E-state index is 0.0711. The van der Waals surface area contributed by atoms with Gasteiger partial charge in [-0.15, -0.1) is 0 Å². The molecule has 110 valence electrons. The summed E-state index contributed by atoms with van der Waals surface area (Å²) in [6.45, 7) is 9.65. The number of carbonyl (C=O) groups excluding carboxylic acids is 2. The first-order chi connectivity index (χ1) is 9.12. The maximum Gasteiger partial charge on any atom is 0.310 e. The van der Waals surface area contributed by atoms with Gasteiger partial charge in [-0.05, 0) is 40.2 Å². The lowest BCUT2D eigenvalue weighted by atomic mass is 9.98. The summed E-state index contributed by atoms with van der Waals surface area (Å²) in [5, 5.41) is 0. The molecule has 0 aromatic heterocycles. The van der Waals surface area contributed by atoms with E-state index in [2.05, 4.69) is 4.90 Å². The Bertz CT molecular complexity index is 303. The van der Waals surface area contributed by atoms with E-state index >= 15 is 0 Å². The smallest absolute Gasteiger partial charge is 0.310 e. The quantitative estimate of drug-likeness (QED) is 0.679. The molecule has 0 N–H and O–H groups in total. The molecule has 1 aliphatic heterocycles. The Labute approximate surface area is 115 Å². The largest absolute Gasteiger partial charge is 0.466 e. The number of nitrogens with zero attached hydrogens (tertiary/aromatic N) is 2. The van der Waals surface area contributed by atoms with E-state index in [0.29, 0.717) is 19.7 Å². The molecule has 0 saturated carbocycles. The average molecular weight is 270 g/mol. The highest BCUT2D eigenvalue weighted by atomic mass is 16.5. The SMILES string of the molecule is CCOC(=O)[C@H]1CCCN(CC(=O)N(CC)CC)C1. The van der Waals surface area contributed by atoms with Gasteiger partial charge in [0.05, 0.1) is 19.1 Å². The van der Waals surface area contributed by atoms with Crippen LogP contribution in [0, 0.1) is 5.92 Å². The molecule has 19 heavy (non-hydrogen) atoms. The molecule has 1 amide bonds. The topological polar surface area (TPSA) is 49.9 Å². The van der Waals surface area contributed by atoms with E-state index in [0.717, 1.165) is 32.5 Å². The van der Waals surface area contributed by atoms with E-state index < -0.39 is 0 Å². The van der Waals surface area contributed by atoms with Gasteiger partial charge in [-0.3, -0.25) is 14.5 Å². The number of hydrogen-bond acceptors (Lipinski definition) is 4. The Balaban J connectivity index is 2.46. The molecule has 1 rings (SSSR count). The molecule has 0 unspecified atom stereocenters. The minimum Gasteiger partial charge on any atom is -0.466 e. The molecule has 5 nitrogen and oxygen atoms in total. The first-order valence-electron chi connectivity index (χ1n) is 7.29. The van der Waals surface area contributed by atoms with Crippen LogP contribution in [0.15, 0.2) is 0 Å². The Hall–Kier alpha value is -1.10. The monoisotopic (exact) mass is 270 g/mol. The zero-order chi connectivity index (χ0) is 14.3. The van der Waals surface area contributed by atoms with Gasteiger partial charge in [0.15, 0.2) is 0 Å². The van der Waals surface area contributed by atoms with Crippen molar-refractivity contribution in [1.82, 2.24) is 9.80 Å². The van der Waals surface area contributed by atoms with E-state index in [4.69, 9.17) is 4.74 Å². The van der Waals surface area contributed by atoms with E-state index in [-0.39, 0.29) is 17.8 Å². The third-order valence-electron chi connectivity index (χ3n) is 3.60. The highest BCUT2D eigenvalue weighted by Gasteiger charge is 2.28. The van der Waals surface area contributed by atoms with Gasteiger partial charge >= 0.3 is 5.97 Å². The van der Waals surface area contributed by atoms with Crippen LogP contribution in [0.5, 0.6) is 0 Å². The fourth-order valence-corrected chi connectivity index (χ4v) is 2.52. The van der Waals surface area contributed by atoms with Crippen molar-refractivity contribution in [3.63, 3.8) is 0 Å². The molecule has 5 heteroatoms. The van der Waals surface area contributed by atoms with Crippen LogP contribution in [0.2, 0.25) is 0 Å². The van der Waals surface area contributed by atoms with Crippen LogP contribution in [0.25, 0.3) is 0 Å². The summed E-state index contributed by atoms with van der Waals surface area (Å²) in [6.07, 6.45) is 1.82. The predicted molar refractivity (Wildman–Crippen MR) is 73.7 cm³/mol. The second kappa shape index (κ2) is 8.15. The van der Waals surface area contributed by atoms with Crippen molar-refractivity contribution in [2.24, 2.45) is 5.92 Å². The summed E-state index contributed by atoms with van der Waals surface area (Å²) in [6, 6.07) is 0. The number of amides is 1. The van der Waals surface area contributed by atoms with Crippen molar-refractivity contribution in [3.05, 3.63) is 0 Å². The van der Waals surface area contributed by atoms with E-state index in [9.17, 15) is 9.59 Å². The van der Waals surface area contributed by atoms with Crippen LogP contribution >= 0.6 is 0 Å². The van der Waals surface area contributed by atoms with Gasteiger partial charge in [0.25, 0.3) is 0 Å². The van der Waals surface area contributed by atoms with Crippen LogP contribution in [0.4, 0.5) is 0 Å². The number of ether oxygens (including phenoxy) is 1. The molecule has 1 aliphatic rings. The minimum atomic E-state index is -0.123. The van der Waals surface area contributed by atoms with Gasteiger partial charge < -0.3 is 9.64 Å². The maximum absolute atomic E-state index is 12.0. The molecule has 0 spiro atoms. The van der Waals surface area contributed by atoms with Crippen molar-refractivity contribution in [1.29, 1.82) is 0 Å². The highest BCUT2D eigenvalue weighted by molar-refractivity contribution is 5.78. The second-order valence-electron chi connectivity index (χ2n) is 4.89. The zero-order valence-corrected chi connectivity index (χ0v) is 12.4. The van der Waals surface area contributed by atoms with Crippen molar-refractivity contribution in [3.8, 4) is 0 Å². The van der Waals surface area contributed by atoms with E-state index in [1.54, 1.807) is 0 Å². The molecular weight excluding hydrogens is 244 g/mol. The van der Waals surface area contributed by atoms with Crippen LogP contribution in [0.3, 0.4) is 0 Å². The fraction of sp³-hybridized carbons (Fsp3) is 0.857. The molecule has 0 radical (unpaired) electrons. The molecule has 0 aromatic carbocycles. The number of likely N-dealkylation sites (N-methyl/N-ethyl adjacent to an activating group) is 1. The summed E-state index contributed by atoms with van der Waals surface area (Å²) < 4.78 is 5.06. The van der Waals surface area contributed by atoms with Crippen molar-refractivity contribution in [2.75, 3.05) is 39.3 Å². The summed E-state index contributed by atoms with van der Waals surface area (Å²) in [5.41, 5.74) is 0. The first kappa shape index (κ1) is 16.0. The number of carbonyl (C=O) groups is 2. The van der Waals surface area contributed by atoms with Crippen LogP contribution < -0.4 is 0 Å². The summed E-state index contributed by atoms with van der Waals surface area (Å²) in [5.74, 6) is -0.0461. The van der Waals surface area contributed by atoms with Crippen LogP contribution in [-0.2, 0) is 14.3 Å². The van der Waals surface area contributed by atoms with Gasteiger partial charge in [-0.2, -0.15) is 0 Å². The Kier molecular flexibility index (Phi) is 6.84. The predicted octanol–water partition coefficient (Wildman–Crippen LogP) is 1.13. The Morgan fingerprint density at radius 3 is 2.53 bits per heavy atom. The average Bonchev–Trinajstić information content (AvgIpc) is 2.40. The zero-order valence-electron chi connectivity index (χ0n) is 12.4. The molecule has 1 fully saturated rings. The summed E-state index contributed by atoms with van der Waals surface area (Å²) in [4.78, 5) is 27.7. The van der Waals surface area contributed by atoms with Gasteiger partial charge in [0.1, 0.15) is 0 Å². The lowest BCUT2D eigenvalue weighted by Gasteiger charge is -2.32. The number of rotatable bonds is 6. The normalized spacial score (nSPS) is 20.1. The lowest BCUT2D eigenvalue weighted by molar-refractivity contribution is -0.150. The molecule has 1 atom stereocenters. The van der Waals surface area contributed by atoms with Crippen molar-refractivity contribution < 1.29 is 14.3 Å². The third-order valence-corrected chi connectivity index (χ3v) is 3.60. The summed E-state index contributed by atoms with van der Waals surface area (Å²) in [7, 11) is 0. The van der Waals surface area contributed by atoms with E-state index in [1.807, 2.05) is 25.7 Å². The van der Waals surface area contributed by atoms with Crippen LogP contribution in [0.1, 0.15) is 33.6 Å². The third kappa shape index (κ3) is 4.82. The highest BCUT2D eigenvalue weighted by Crippen LogP contribution is 2.17. The molecule has 0 bridgehead atoms. The van der Waals surface area contributed by atoms with E-state index in [1.165, 1.54) is 0 Å². The molecule has 0 aromatic rings. The number of piperidine rings is 1. The number of hydrogen-bond donors (Lipinski definition) is 0. The standard InChI is InChI=1S/C14H26N2O3/c1-4-16(5-2)13(17)11-15-9-7-8-12(10-15)14(18)19-6-3/h12H,4-11H2,1-3H3/t12-/m0/s1. The molecular formula is C14H26N2O3. The molecule has 0 aliphatic carbocycles.